The molecule has 2 heterocycles. The second-order valence-electron chi connectivity index (χ2n) is 4.94. The van der Waals surface area contributed by atoms with Crippen LogP contribution >= 0.6 is 0 Å². The fraction of sp³-hybridized carbons (Fsp3) is 0.538. The summed E-state index contributed by atoms with van der Waals surface area (Å²) in [6, 6.07) is 3.98. The van der Waals surface area contributed by atoms with Crippen LogP contribution in [0.5, 0.6) is 0 Å². The van der Waals surface area contributed by atoms with Gasteiger partial charge < -0.3 is 10.3 Å². The minimum atomic E-state index is 0.314. The zero-order chi connectivity index (χ0) is 12.4. The summed E-state index contributed by atoms with van der Waals surface area (Å²) < 4.78 is 2.11. The molecule has 0 spiro atoms. The molecule has 1 unspecified atom stereocenters. The number of hydrogen-bond acceptors (Lipinski definition) is 3. The lowest BCUT2D eigenvalue weighted by molar-refractivity contribution is 0.480. The Morgan fingerprint density at radius 2 is 2.18 bits per heavy atom. The van der Waals surface area contributed by atoms with Crippen molar-refractivity contribution in [2.75, 3.05) is 6.54 Å². The zero-order valence-corrected chi connectivity index (χ0v) is 10.7. The summed E-state index contributed by atoms with van der Waals surface area (Å²) in [5, 5.41) is 0. The van der Waals surface area contributed by atoms with Crippen LogP contribution in [0.15, 0.2) is 18.3 Å². The lowest BCUT2D eigenvalue weighted by Gasteiger charge is -2.16. The summed E-state index contributed by atoms with van der Waals surface area (Å²) in [5.41, 5.74) is 7.76. The van der Waals surface area contributed by atoms with Crippen LogP contribution in [0, 0.1) is 5.92 Å². The van der Waals surface area contributed by atoms with Gasteiger partial charge in [0.25, 0.3) is 0 Å². The average Bonchev–Trinajstić information content (AvgIpc) is 2.64. The van der Waals surface area contributed by atoms with Crippen LogP contribution in [0.25, 0.3) is 11.2 Å². The molecule has 4 nitrogen and oxygen atoms in total. The number of nitrogens with two attached hydrogens (primary N) is 1. The lowest BCUT2D eigenvalue weighted by Crippen LogP contribution is -2.18. The van der Waals surface area contributed by atoms with E-state index in [0.717, 1.165) is 23.4 Å². The van der Waals surface area contributed by atoms with E-state index in [1.54, 1.807) is 6.20 Å². The predicted octanol–water partition coefficient (Wildman–Crippen LogP) is 2.06. The molecule has 92 valence electrons. The summed E-state index contributed by atoms with van der Waals surface area (Å²) in [5.74, 6) is 1.99. The summed E-state index contributed by atoms with van der Waals surface area (Å²) in [4.78, 5) is 8.89. The SMILES string of the molecule is CC(C)CC(CN)c1nc2ncccc2n1C. The Morgan fingerprint density at radius 3 is 2.76 bits per heavy atom. The summed E-state index contributed by atoms with van der Waals surface area (Å²) >= 11 is 0. The highest BCUT2D eigenvalue weighted by Gasteiger charge is 2.18. The maximum absolute atomic E-state index is 5.87. The third-order valence-electron chi connectivity index (χ3n) is 3.10. The molecule has 0 aliphatic carbocycles. The van der Waals surface area contributed by atoms with Crippen molar-refractivity contribution in [2.24, 2.45) is 18.7 Å². The van der Waals surface area contributed by atoms with Gasteiger partial charge in [0.1, 0.15) is 5.82 Å². The molecule has 0 amide bonds. The molecule has 17 heavy (non-hydrogen) atoms. The van der Waals surface area contributed by atoms with Gasteiger partial charge >= 0.3 is 0 Å². The van der Waals surface area contributed by atoms with Gasteiger partial charge in [0.15, 0.2) is 5.65 Å². The molecule has 2 rings (SSSR count). The van der Waals surface area contributed by atoms with Gasteiger partial charge in [0, 0.05) is 25.7 Å². The van der Waals surface area contributed by atoms with Crippen LogP contribution in [-0.4, -0.2) is 21.1 Å². The van der Waals surface area contributed by atoms with Crippen molar-refractivity contribution in [1.82, 2.24) is 14.5 Å². The van der Waals surface area contributed by atoms with E-state index in [1.165, 1.54) is 0 Å². The lowest BCUT2D eigenvalue weighted by atomic mass is 9.96. The maximum atomic E-state index is 5.87. The highest BCUT2D eigenvalue weighted by atomic mass is 15.1. The highest BCUT2D eigenvalue weighted by molar-refractivity contribution is 5.71. The van der Waals surface area contributed by atoms with E-state index in [9.17, 15) is 0 Å². The molecule has 2 N–H and O–H groups in total. The number of pyridine rings is 1. The van der Waals surface area contributed by atoms with Crippen LogP contribution in [0.2, 0.25) is 0 Å². The molecule has 0 radical (unpaired) electrons. The van der Waals surface area contributed by atoms with Gasteiger partial charge in [-0.05, 0) is 24.5 Å². The first-order valence-electron chi connectivity index (χ1n) is 6.11. The Kier molecular flexibility index (Phi) is 3.43. The van der Waals surface area contributed by atoms with E-state index >= 15 is 0 Å². The normalized spacial score (nSPS) is 13.5. The fourth-order valence-corrected chi connectivity index (χ4v) is 2.28. The monoisotopic (exact) mass is 232 g/mol. The zero-order valence-electron chi connectivity index (χ0n) is 10.7. The topological polar surface area (TPSA) is 56.7 Å². The quantitative estimate of drug-likeness (QED) is 0.877. The van der Waals surface area contributed by atoms with Crippen molar-refractivity contribution in [3.05, 3.63) is 24.2 Å². The minimum Gasteiger partial charge on any atom is -0.330 e. The van der Waals surface area contributed by atoms with E-state index in [1.807, 2.05) is 19.2 Å². The smallest absolute Gasteiger partial charge is 0.177 e. The largest absolute Gasteiger partial charge is 0.330 e. The molecule has 0 saturated carbocycles. The molecule has 2 aromatic heterocycles. The van der Waals surface area contributed by atoms with Crippen LogP contribution < -0.4 is 5.73 Å². The fourth-order valence-electron chi connectivity index (χ4n) is 2.28. The van der Waals surface area contributed by atoms with Gasteiger partial charge in [-0.1, -0.05) is 13.8 Å². The first-order valence-corrected chi connectivity index (χ1v) is 6.11. The van der Waals surface area contributed by atoms with Crippen molar-refractivity contribution in [3.8, 4) is 0 Å². The minimum absolute atomic E-state index is 0.314. The van der Waals surface area contributed by atoms with Crippen molar-refractivity contribution >= 4 is 11.2 Å². The number of nitrogens with zero attached hydrogens (tertiary/aromatic N) is 3. The van der Waals surface area contributed by atoms with E-state index in [-0.39, 0.29) is 0 Å². The Bertz CT molecular complexity index is 501. The van der Waals surface area contributed by atoms with Crippen LogP contribution in [-0.2, 0) is 7.05 Å². The highest BCUT2D eigenvalue weighted by Crippen LogP contribution is 2.24. The summed E-state index contributed by atoms with van der Waals surface area (Å²) in [6.07, 6.45) is 2.84. The number of fused-ring (bicyclic) bond motifs is 1. The predicted molar refractivity (Wildman–Crippen MR) is 69.8 cm³/mol. The van der Waals surface area contributed by atoms with Gasteiger partial charge in [-0.2, -0.15) is 0 Å². The van der Waals surface area contributed by atoms with Crippen LogP contribution in [0.4, 0.5) is 0 Å². The molecule has 0 aliphatic heterocycles. The second kappa shape index (κ2) is 4.84. The molecule has 2 aromatic rings. The molecular weight excluding hydrogens is 212 g/mol. The number of imidazole rings is 1. The third kappa shape index (κ3) is 2.31. The first-order chi connectivity index (χ1) is 8.13. The molecule has 4 heteroatoms. The van der Waals surface area contributed by atoms with Gasteiger partial charge in [0.05, 0.1) is 5.52 Å². The van der Waals surface area contributed by atoms with Gasteiger partial charge in [-0.25, -0.2) is 9.97 Å². The number of hydrogen-bond donors (Lipinski definition) is 1. The van der Waals surface area contributed by atoms with E-state index in [2.05, 4.69) is 28.4 Å². The first kappa shape index (κ1) is 12.0. The Hall–Kier alpha value is -1.42. The number of aromatic nitrogens is 3. The Balaban J connectivity index is 2.43. The molecule has 1 atom stereocenters. The third-order valence-corrected chi connectivity index (χ3v) is 3.10. The van der Waals surface area contributed by atoms with Gasteiger partial charge in [-0.3, -0.25) is 0 Å². The van der Waals surface area contributed by atoms with E-state index in [4.69, 9.17) is 5.73 Å². The van der Waals surface area contributed by atoms with E-state index in [0.29, 0.717) is 18.4 Å². The average molecular weight is 232 g/mol. The molecule has 0 aromatic carbocycles. The van der Waals surface area contributed by atoms with Crippen LogP contribution in [0.3, 0.4) is 0 Å². The molecule has 0 fully saturated rings. The maximum Gasteiger partial charge on any atom is 0.177 e. The second-order valence-corrected chi connectivity index (χ2v) is 4.94. The van der Waals surface area contributed by atoms with Crippen molar-refractivity contribution in [2.45, 2.75) is 26.2 Å². The van der Waals surface area contributed by atoms with Crippen molar-refractivity contribution < 1.29 is 0 Å². The van der Waals surface area contributed by atoms with Crippen molar-refractivity contribution in [1.29, 1.82) is 0 Å². The Labute approximate surface area is 102 Å². The van der Waals surface area contributed by atoms with Gasteiger partial charge in [0.2, 0.25) is 0 Å². The summed E-state index contributed by atoms with van der Waals surface area (Å²) in [7, 11) is 2.04. The molecule has 0 saturated heterocycles. The van der Waals surface area contributed by atoms with E-state index < -0.39 is 0 Å². The number of aryl methyl sites for hydroxylation is 1. The summed E-state index contributed by atoms with van der Waals surface area (Å²) in [6.45, 7) is 5.06. The standard InChI is InChI=1S/C13H20N4/c1-9(2)7-10(8-14)13-16-12-11(17(13)3)5-4-6-15-12/h4-6,9-10H,7-8,14H2,1-3H3. The Morgan fingerprint density at radius 1 is 1.41 bits per heavy atom. The van der Waals surface area contributed by atoms with Gasteiger partial charge in [-0.15, -0.1) is 0 Å². The van der Waals surface area contributed by atoms with Crippen LogP contribution in [0.1, 0.15) is 32.0 Å². The molecule has 0 bridgehead atoms. The van der Waals surface area contributed by atoms with Crippen molar-refractivity contribution in [3.63, 3.8) is 0 Å². The molecular formula is C13H20N4. The molecule has 0 aliphatic rings. The number of rotatable bonds is 4.